The smallest absolute Gasteiger partial charge is 0.227 e. The second kappa shape index (κ2) is 6.65. The first-order chi connectivity index (χ1) is 11.4. The molecule has 24 heavy (non-hydrogen) atoms. The molecule has 1 aliphatic heterocycles. The molecule has 1 N–H and O–H groups in total. The fraction of sp³-hybridized carbons (Fsp3) is 0.333. The summed E-state index contributed by atoms with van der Waals surface area (Å²) in [6.45, 7) is 2.04. The molecule has 0 spiro atoms. The zero-order valence-corrected chi connectivity index (χ0v) is 13.2. The minimum Gasteiger partial charge on any atom is -0.391 e. The molecule has 1 aliphatic rings. The fourth-order valence-electron chi connectivity index (χ4n) is 3.00. The number of aryl methyl sites for hydroxylation is 1. The third-order valence-corrected chi connectivity index (χ3v) is 4.26. The highest BCUT2D eigenvalue weighted by molar-refractivity contribution is 5.79. The van der Waals surface area contributed by atoms with E-state index in [9.17, 15) is 18.7 Å². The Labute approximate surface area is 138 Å². The second-order valence-corrected chi connectivity index (χ2v) is 6.11. The SMILES string of the molecule is Cc1ccc(CC(=O)N2C[C@H](O)C[C@@H]2c2ccc(F)c(F)c2)cn1. The number of pyridine rings is 1. The first-order valence-corrected chi connectivity index (χ1v) is 7.78. The van der Waals surface area contributed by atoms with Gasteiger partial charge in [0.2, 0.25) is 5.91 Å². The van der Waals surface area contributed by atoms with Crippen molar-refractivity contribution < 1.29 is 18.7 Å². The molecule has 0 bridgehead atoms. The summed E-state index contributed by atoms with van der Waals surface area (Å²) >= 11 is 0. The van der Waals surface area contributed by atoms with E-state index in [0.29, 0.717) is 12.0 Å². The first-order valence-electron chi connectivity index (χ1n) is 7.78. The molecule has 1 amide bonds. The summed E-state index contributed by atoms with van der Waals surface area (Å²) in [7, 11) is 0. The maximum atomic E-state index is 13.5. The molecule has 6 heteroatoms. The van der Waals surface area contributed by atoms with Gasteiger partial charge in [-0.1, -0.05) is 12.1 Å². The highest BCUT2D eigenvalue weighted by atomic mass is 19.2. The number of aliphatic hydroxyl groups excluding tert-OH is 1. The lowest BCUT2D eigenvalue weighted by Crippen LogP contribution is -2.33. The van der Waals surface area contributed by atoms with Crippen LogP contribution in [0.4, 0.5) is 8.78 Å². The highest BCUT2D eigenvalue weighted by Gasteiger charge is 2.35. The van der Waals surface area contributed by atoms with Gasteiger partial charge in [-0.25, -0.2) is 8.78 Å². The van der Waals surface area contributed by atoms with Gasteiger partial charge in [0.25, 0.3) is 0 Å². The molecule has 126 valence electrons. The fourth-order valence-corrected chi connectivity index (χ4v) is 3.00. The Hall–Kier alpha value is -2.34. The molecular formula is C18H18F2N2O2. The Morgan fingerprint density at radius 2 is 2.08 bits per heavy atom. The van der Waals surface area contributed by atoms with Gasteiger partial charge in [0.05, 0.1) is 18.6 Å². The molecule has 0 unspecified atom stereocenters. The van der Waals surface area contributed by atoms with Crippen molar-refractivity contribution in [1.29, 1.82) is 0 Å². The number of likely N-dealkylation sites (tertiary alicyclic amines) is 1. The monoisotopic (exact) mass is 332 g/mol. The number of aromatic nitrogens is 1. The number of carbonyl (C=O) groups is 1. The van der Waals surface area contributed by atoms with E-state index >= 15 is 0 Å². The van der Waals surface area contributed by atoms with Gasteiger partial charge in [0, 0.05) is 18.4 Å². The van der Waals surface area contributed by atoms with Gasteiger partial charge in [0.1, 0.15) is 0 Å². The Kier molecular flexibility index (Phi) is 4.57. The van der Waals surface area contributed by atoms with Crippen molar-refractivity contribution in [2.24, 2.45) is 0 Å². The zero-order chi connectivity index (χ0) is 17.3. The van der Waals surface area contributed by atoms with Crippen LogP contribution >= 0.6 is 0 Å². The molecule has 0 radical (unpaired) electrons. The Bertz CT molecular complexity index is 749. The highest BCUT2D eigenvalue weighted by Crippen LogP contribution is 2.33. The number of halogens is 2. The van der Waals surface area contributed by atoms with Crippen LogP contribution in [0.25, 0.3) is 0 Å². The summed E-state index contributed by atoms with van der Waals surface area (Å²) < 4.78 is 26.6. The van der Waals surface area contributed by atoms with Crippen molar-refractivity contribution in [2.45, 2.75) is 31.9 Å². The number of hydrogen-bond acceptors (Lipinski definition) is 3. The largest absolute Gasteiger partial charge is 0.391 e. The molecule has 2 aromatic rings. The number of aliphatic hydroxyl groups is 1. The van der Waals surface area contributed by atoms with Crippen molar-refractivity contribution in [3.63, 3.8) is 0 Å². The predicted octanol–water partition coefficient (Wildman–Crippen LogP) is 2.55. The van der Waals surface area contributed by atoms with Crippen LogP contribution in [-0.4, -0.2) is 33.5 Å². The molecule has 1 saturated heterocycles. The van der Waals surface area contributed by atoms with E-state index in [0.717, 1.165) is 23.4 Å². The zero-order valence-electron chi connectivity index (χ0n) is 13.2. The molecule has 1 fully saturated rings. The van der Waals surface area contributed by atoms with E-state index in [1.165, 1.54) is 11.0 Å². The lowest BCUT2D eigenvalue weighted by molar-refractivity contribution is -0.131. The Balaban J connectivity index is 1.80. The summed E-state index contributed by atoms with van der Waals surface area (Å²) in [4.78, 5) is 18.3. The third kappa shape index (κ3) is 3.43. The van der Waals surface area contributed by atoms with Crippen LogP contribution in [0.2, 0.25) is 0 Å². The number of amides is 1. The van der Waals surface area contributed by atoms with Crippen LogP contribution in [0.15, 0.2) is 36.5 Å². The molecular weight excluding hydrogens is 314 g/mol. The Morgan fingerprint density at radius 3 is 2.75 bits per heavy atom. The van der Waals surface area contributed by atoms with Gasteiger partial charge in [-0.2, -0.15) is 0 Å². The average Bonchev–Trinajstić information content (AvgIpc) is 2.94. The average molecular weight is 332 g/mol. The van der Waals surface area contributed by atoms with Crippen molar-refractivity contribution in [3.8, 4) is 0 Å². The van der Waals surface area contributed by atoms with Crippen LogP contribution in [-0.2, 0) is 11.2 Å². The summed E-state index contributed by atoms with van der Waals surface area (Å²) in [6, 6.07) is 6.79. The molecule has 1 aromatic heterocycles. The molecule has 2 heterocycles. The molecule has 0 aliphatic carbocycles. The molecule has 2 atom stereocenters. The maximum absolute atomic E-state index is 13.5. The number of benzene rings is 1. The van der Waals surface area contributed by atoms with E-state index in [2.05, 4.69) is 4.98 Å². The Morgan fingerprint density at radius 1 is 1.29 bits per heavy atom. The predicted molar refractivity (Wildman–Crippen MR) is 84.1 cm³/mol. The standard InChI is InChI=1S/C18H18F2N2O2/c1-11-2-3-12(9-21-11)6-18(24)22-10-14(23)8-17(22)13-4-5-15(19)16(20)7-13/h2-5,7,9,14,17,23H,6,8,10H2,1H3/t14-,17-/m1/s1. The summed E-state index contributed by atoms with van der Waals surface area (Å²) in [5.74, 6) is -2.06. The van der Waals surface area contributed by atoms with Gasteiger partial charge in [-0.05, 0) is 42.7 Å². The summed E-state index contributed by atoms with van der Waals surface area (Å²) in [6.07, 6.45) is 1.43. The summed E-state index contributed by atoms with van der Waals surface area (Å²) in [5.41, 5.74) is 2.12. The maximum Gasteiger partial charge on any atom is 0.227 e. The minimum atomic E-state index is -0.955. The normalized spacial score (nSPS) is 20.4. The van der Waals surface area contributed by atoms with Crippen LogP contribution in [0.5, 0.6) is 0 Å². The van der Waals surface area contributed by atoms with Gasteiger partial charge < -0.3 is 10.0 Å². The van der Waals surface area contributed by atoms with E-state index < -0.39 is 23.8 Å². The molecule has 3 rings (SSSR count). The minimum absolute atomic E-state index is 0.153. The van der Waals surface area contributed by atoms with Crippen LogP contribution in [0.3, 0.4) is 0 Å². The number of rotatable bonds is 3. The van der Waals surface area contributed by atoms with E-state index in [1.54, 1.807) is 6.20 Å². The van der Waals surface area contributed by atoms with E-state index in [-0.39, 0.29) is 18.9 Å². The topological polar surface area (TPSA) is 53.4 Å². The number of β-amino-alcohol motifs (C(OH)–C–C–N with tert-alkyl or cyclic N) is 1. The summed E-state index contributed by atoms with van der Waals surface area (Å²) in [5, 5.41) is 9.93. The van der Waals surface area contributed by atoms with Gasteiger partial charge in [0.15, 0.2) is 11.6 Å². The van der Waals surface area contributed by atoms with Crippen molar-refractivity contribution >= 4 is 5.91 Å². The van der Waals surface area contributed by atoms with Crippen LogP contribution < -0.4 is 0 Å². The molecule has 4 nitrogen and oxygen atoms in total. The van der Waals surface area contributed by atoms with Gasteiger partial charge in [-0.15, -0.1) is 0 Å². The quantitative estimate of drug-likeness (QED) is 0.940. The van der Waals surface area contributed by atoms with Crippen LogP contribution in [0, 0.1) is 18.6 Å². The number of nitrogens with zero attached hydrogens (tertiary/aromatic N) is 2. The van der Waals surface area contributed by atoms with E-state index in [4.69, 9.17) is 0 Å². The number of carbonyl (C=O) groups excluding carboxylic acids is 1. The molecule has 0 saturated carbocycles. The second-order valence-electron chi connectivity index (χ2n) is 6.11. The lowest BCUT2D eigenvalue weighted by Gasteiger charge is -2.25. The first kappa shape index (κ1) is 16.5. The number of hydrogen-bond donors (Lipinski definition) is 1. The van der Waals surface area contributed by atoms with Gasteiger partial charge >= 0.3 is 0 Å². The van der Waals surface area contributed by atoms with Crippen molar-refractivity contribution in [3.05, 3.63) is 65.0 Å². The van der Waals surface area contributed by atoms with Crippen LogP contribution in [0.1, 0.15) is 29.3 Å². The van der Waals surface area contributed by atoms with E-state index in [1.807, 2.05) is 19.1 Å². The lowest BCUT2D eigenvalue weighted by atomic mass is 10.0. The van der Waals surface area contributed by atoms with Crippen molar-refractivity contribution in [1.82, 2.24) is 9.88 Å². The third-order valence-electron chi connectivity index (χ3n) is 4.26. The van der Waals surface area contributed by atoms with Crippen molar-refractivity contribution in [2.75, 3.05) is 6.54 Å². The van der Waals surface area contributed by atoms with Gasteiger partial charge in [-0.3, -0.25) is 9.78 Å². The molecule has 1 aromatic carbocycles.